The Kier molecular flexibility index (Phi) is 5.99. The van der Waals surface area contributed by atoms with E-state index < -0.39 is 0 Å². The molecule has 0 aliphatic carbocycles. The summed E-state index contributed by atoms with van der Waals surface area (Å²) in [5.41, 5.74) is 1.04. The molecule has 1 rings (SSSR count). The van der Waals surface area contributed by atoms with E-state index in [-0.39, 0.29) is 10.7 Å². The van der Waals surface area contributed by atoms with Gasteiger partial charge in [-0.15, -0.1) is 0 Å². The minimum absolute atomic E-state index is 0.0339. The Labute approximate surface area is 114 Å². The van der Waals surface area contributed by atoms with Gasteiger partial charge < -0.3 is 5.32 Å². The van der Waals surface area contributed by atoms with E-state index in [0.717, 1.165) is 11.3 Å². The fourth-order valence-electron chi connectivity index (χ4n) is 1.33. The smallest absolute Gasteiger partial charge is 0.244 e. The zero-order valence-electron chi connectivity index (χ0n) is 11.3. The van der Waals surface area contributed by atoms with E-state index in [1.165, 1.54) is 0 Å². The van der Waals surface area contributed by atoms with Crippen molar-refractivity contribution in [1.29, 1.82) is 0 Å². The summed E-state index contributed by atoms with van der Waals surface area (Å²) < 4.78 is 0.255. The summed E-state index contributed by atoms with van der Waals surface area (Å²) in [6.07, 6.45) is 3.41. The van der Waals surface area contributed by atoms with Gasteiger partial charge in [0.05, 0.1) is 0 Å². The van der Waals surface area contributed by atoms with Crippen LogP contribution in [0.4, 0.5) is 0 Å². The molecule has 1 aromatic carbocycles. The molecule has 0 atom stereocenters. The van der Waals surface area contributed by atoms with E-state index in [1.54, 1.807) is 6.08 Å². The van der Waals surface area contributed by atoms with Crippen molar-refractivity contribution in [2.75, 3.05) is 12.3 Å². The molecule has 1 aromatic rings. The third kappa shape index (κ3) is 7.17. The predicted molar refractivity (Wildman–Crippen MR) is 80.7 cm³/mol. The van der Waals surface area contributed by atoms with Crippen LogP contribution in [0, 0.1) is 0 Å². The molecule has 0 fully saturated rings. The van der Waals surface area contributed by atoms with Crippen LogP contribution in [0.5, 0.6) is 0 Å². The highest BCUT2D eigenvalue weighted by molar-refractivity contribution is 8.00. The number of hydrogen-bond donors (Lipinski definition) is 1. The summed E-state index contributed by atoms with van der Waals surface area (Å²) in [5.74, 6) is 0.905. The Balaban J connectivity index is 2.24. The molecule has 0 aromatic heterocycles. The van der Waals surface area contributed by atoms with Gasteiger partial charge in [-0.25, -0.2) is 0 Å². The largest absolute Gasteiger partial charge is 0.352 e. The van der Waals surface area contributed by atoms with Crippen molar-refractivity contribution >= 4 is 23.7 Å². The van der Waals surface area contributed by atoms with Gasteiger partial charge in [0, 0.05) is 23.1 Å². The predicted octanol–water partition coefficient (Wildman–Crippen LogP) is 3.35. The number of benzene rings is 1. The third-order valence-corrected chi connectivity index (χ3v) is 3.44. The maximum Gasteiger partial charge on any atom is 0.244 e. The molecular weight excluding hydrogens is 242 g/mol. The summed E-state index contributed by atoms with van der Waals surface area (Å²) in [6, 6.07) is 9.81. The first-order chi connectivity index (χ1) is 8.47. The summed E-state index contributed by atoms with van der Waals surface area (Å²) in [7, 11) is 0. The Hall–Kier alpha value is -1.22. The van der Waals surface area contributed by atoms with Gasteiger partial charge >= 0.3 is 0 Å². The lowest BCUT2D eigenvalue weighted by Crippen LogP contribution is -2.25. The van der Waals surface area contributed by atoms with Gasteiger partial charge in [-0.05, 0) is 11.6 Å². The van der Waals surface area contributed by atoms with Crippen molar-refractivity contribution < 1.29 is 4.79 Å². The van der Waals surface area contributed by atoms with Crippen molar-refractivity contribution in [2.24, 2.45) is 0 Å². The minimum Gasteiger partial charge on any atom is -0.352 e. The average Bonchev–Trinajstić information content (AvgIpc) is 2.32. The van der Waals surface area contributed by atoms with Crippen LogP contribution in [0.3, 0.4) is 0 Å². The molecule has 0 aliphatic rings. The summed E-state index contributed by atoms with van der Waals surface area (Å²) in [6.45, 7) is 7.23. The first-order valence-corrected chi connectivity index (χ1v) is 7.11. The number of rotatable bonds is 5. The Morgan fingerprint density at radius 3 is 2.56 bits per heavy atom. The maximum absolute atomic E-state index is 11.5. The van der Waals surface area contributed by atoms with E-state index in [0.29, 0.717) is 6.54 Å². The monoisotopic (exact) mass is 263 g/mol. The maximum atomic E-state index is 11.5. The molecule has 0 aliphatic heterocycles. The van der Waals surface area contributed by atoms with Crippen molar-refractivity contribution in [3.63, 3.8) is 0 Å². The van der Waals surface area contributed by atoms with Crippen LogP contribution >= 0.6 is 11.8 Å². The highest BCUT2D eigenvalue weighted by Gasteiger charge is 2.09. The summed E-state index contributed by atoms with van der Waals surface area (Å²) in [5, 5.41) is 2.88. The molecule has 1 N–H and O–H groups in total. The molecule has 2 nitrogen and oxygen atoms in total. The van der Waals surface area contributed by atoms with Gasteiger partial charge in [-0.1, -0.05) is 51.1 Å². The van der Waals surface area contributed by atoms with Crippen LogP contribution < -0.4 is 5.32 Å². The van der Waals surface area contributed by atoms with E-state index in [9.17, 15) is 4.79 Å². The number of thioether (sulfide) groups is 1. The van der Waals surface area contributed by atoms with Gasteiger partial charge in [0.15, 0.2) is 0 Å². The minimum atomic E-state index is -0.0339. The average molecular weight is 263 g/mol. The van der Waals surface area contributed by atoms with Crippen LogP contribution in [0.1, 0.15) is 26.3 Å². The Morgan fingerprint density at radius 2 is 1.94 bits per heavy atom. The van der Waals surface area contributed by atoms with Crippen molar-refractivity contribution in [3.05, 3.63) is 42.0 Å². The fraction of sp³-hybridized carbons (Fsp3) is 0.400. The van der Waals surface area contributed by atoms with E-state index in [1.807, 2.05) is 48.2 Å². The molecule has 0 radical (unpaired) electrons. The number of amides is 1. The van der Waals surface area contributed by atoms with Gasteiger partial charge in [-0.3, -0.25) is 4.79 Å². The molecule has 0 saturated heterocycles. The zero-order chi connectivity index (χ0) is 13.4. The molecule has 18 heavy (non-hydrogen) atoms. The number of hydrogen-bond acceptors (Lipinski definition) is 2. The SMILES string of the molecule is CC(C)(C)SCCNC(=O)C=Cc1ccccc1. The number of carbonyl (C=O) groups excluding carboxylic acids is 1. The molecule has 0 unspecified atom stereocenters. The van der Waals surface area contributed by atoms with Crippen LogP contribution in [0.25, 0.3) is 6.08 Å². The van der Waals surface area contributed by atoms with Crippen LogP contribution in [-0.4, -0.2) is 23.0 Å². The molecule has 98 valence electrons. The standard InChI is InChI=1S/C15H21NOS/c1-15(2,3)18-12-11-16-14(17)10-9-13-7-5-4-6-8-13/h4-10H,11-12H2,1-3H3,(H,16,17). The molecule has 0 heterocycles. The van der Waals surface area contributed by atoms with Crippen LogP contribution in [0.2, 0.25) is 0 Å². The topological polar surface area (TPSA) is 29.1 Å². The molecule has 3 heteroatoms. The van der Waals surface area contributed by atoms with Gasteiger partial charge in [0.2, 0.25) is 5.91 Å². The second-order valence-electron chi connectivity index (χ2n) is 5.00. The molecule has 0 saturated carbocycles. The quantitative estimate of drug-likeness (QED) is 0.652. The Bertz CT molecular complexity index is 393. The number of carbonyl (C=O) groups is 1. The fourth-order valence-corrected chi connectivity index (χ4v) is 2.14. The van der Waals surface area contributed by atoms with Crippen LogP contribution in [-0.2, 0) is 4.79 Å². The zero-order valence-corrected chi connectivity index (χ0v) is 12.1. The second-order valence-corrected chi connectivity index (χ2v) is 6.92. The van der Waals surface area contributed by atoms with E-state index in [4.69, 9.17) is 0 Å². The molecule has 0 bridgehead atoms. The van der Waals surface area contributed by atoms with Crippen molar-refractivity contribution in [3.8, 4) is 0 Å². The van der Waals surface area contributed by atoms with E-state index in [2.05, 4.69) is 26.1 Å². The normalized spacial score (nSPS) is 11.7. The lowest BCUT2D eigenvalue weighted by molar-refractivity contribution is -0.116. The third-order valence-electron chi connectivity index (χ3n) is 2.16. The highest BCUT2D eigenvalue weighted by atomic mass is 32.2. The Morgan fingerprint density at radius 1 is 1.28 bits per heavy atom. The molecule has 0 spiro atoms. The van der Waals surface area contributed by atoms with Crippen LogP contribution in [0.15, 0.2) is 36.4 Å². The first kappa shape index (κ1) is 14.8. The van der Waals surface area contributed by atoms with Gasteiger partial charge in [-0.2, -0.15) is 11.8 Å². The van der Waals surface area contributed by atoms with Gasteiger partial charge in [0.1, 0.15) is 0 Å². The molecular formula is C15H21NOS. The van der Waals surface area contributed by atoms with Gasteiger partial charge in [0.25, 0.3) is 0 Å². The lowest BCUT2D eigenvalue weighted by atomic mass is 10.2. The van der Waals surface area contributed by atoms with E-state index >= 15 is 0 Å². The first-order valence-electron chi connectivity index (χ1n) is 6.12. The number of nitrogens with one attached hydrogen (secondary N) is 1. The molecule has 1 amide bonds. The lowest BCUT2D eigenvalue weighted by Gasteiger charge is -2.17. The highest BCUT2D eigenvalue weighted by Crippen LogP contribution is 2.21. The van der Waals surface area contributed by atoms with Crippen molar-refractivity contribution in [2.45, 2.75) is 25.5 Å². The summed E-state index contributed by atoms with van der Waals surface area (Å²) >= 11 is 1.85. The second kappa shape index (κ2) is 7.27. The summed E-state index contributed by atoms with van der Waals surface area (Å²) in [4.78, 5) is 11.5. The van der Waals surface area contributed by atoms with Crippen molar-refractivity contribution in [1.82, 2.24) is 5.32 Å².